The maximum atomic E-state index is 11.4. The van der Waals surface area contributed by atoms with Crippen LogP contribution in [0.3, 0.4) is 0 Å². The molecule has 3 aliphatic rings. The Labute approximate surface area is 160 Å². The summed E-state index contributed by atoms with van der Waals surface area (Å²) in [5, 5.41) is 10.1. The Morgan fingerprint density at radius 2 is 1.85 bits per heavy atom. The average molecular weight is 362 g/mol. The number of benzene rings is 2. The fourth-order valence-corrected chi connectivity index (χ4v) is 4.79. The van der Waals surface area contributed by atoms with Crippen molar-refractivity contribution in [3.05, 3.63) is 70.8 Å². The molecule has 2 aliphatic carbocycles. The molecule has 3 nitrogen and oxygen atoms in total. The molecule has 1 N–H and O–H groups in total. The van der Waals surface area contributed by atoms with Gasteiger partial charge in [-0.2, -0.15) is 0 Å². The van der Waals surface area contributed by atoms with E-state index in [9.17, 15) is 9.90 Å². The molecule has 2 aromatic rings. The molecule has 3 atom stereocenters. The summed E-state index contributed by atoms with van der Waals surface area (Å²) in [5.74, 6) is 0.100. The highest BCUT2D eigenvalue weighted by atomic mass is 16.5. The summed E-state index contributed by atoms with van der Waals surface area (Å²) >= 11 is 0. The summed E-state index contributed by atoms with van der Waals surface area (Å²) in [7, 11) is 0. The molecule has 3 heteroatoms. The number of aliphatic hydroxyl groups is 1. The topological polar surface area (TPSA) is 46.5 Å². The summed E-state index contributed by atoms with van der Waals surface area (Å²) in [6, 6.07) is 16.6. The molecular weight excluding hydrogens is 336 g/mol. The molecule has 2 spiro atoms. The molecule has 0 radical (unpaired) electrons. The van der Waals surface area contributed by atoms with Gasteiger partial charge in [-0.1, -0.05) is 48.5 Å². The molecule has 2 aromatic carbocycles. The van der Waals surface area contributed by atoms with E-state index in [2.05, 4.69) is 24.3 Å². The minimum Gasteiger partial charge on any atom is -0.390 e. The minimum atomic E-state index is -0.277. The number of aliphatic hydroxyl groups excluding tert-OH is 1. The van der Waals surface area contributed by atoms with Gasteiger partial charge in [-0.3, -0.25) is 4.79 Å². The van der Waals surface area contributed by atoms with E-state index in [0.29, 0.717) is 5.41 Å². The number of hydrogen-bond acceptors (Lipinski definition) is 3. The van der Waals surface area contributed by atoms with E-state index in [0.717, 1.165) is 31.2 Å². The number of hydrogen-bond donors (Lipinski definition) is 1. The molecule has 2 saturated carbocycles. The molecule has 140 valence electrons. The van der Waals surface area contributed by atoms with Gasteiger partial charge in [0, 0.05) is 12.0 Å². The Morgan fingerprint density at radius 3 is 2.48 bits per heavy atom. The summed E-state index contributed by atoms with van der Waals surface area (Å²) < 4.78 is 6.42. The van der Waals surface area contributed by atoms with Crippen LogP contribution in [-0.4, -0.2) is 22.6 Å². The van der Waals surface area contributed by atoms with E-state index < -0.39 is 0 Å². The van der Waals surface area contributed by atoms with Gasteiger partial charge in [0.25, 0.3) is 0 Å². The first kappa shape index (κ1) is 17.2. The van der Waals surface area contributed by atoms with Gasteiger partial charge in [-0.25, -0.2) is 0 Å². The maximum Gasteiger partial charge on any atom is 0.159 e. The first-order chi connectivity index (χ1) is 13.0. The predicted octanol–water partition coefficient (Wildman–Crippen LogP) is 4.62. The Bertz CT molecular complexity index is 881. The zero-order valence-electron chi connectivity index (χ0n) is 15.8. The van der Waals surface area contributed by atoms with Crippen molar-refractivity contribution >= 4 is 5.78 Å². The molecule has 1 heterocycles. The first-order valence-corrected chi connectivity index (χ1v) is 10.0. The fourth-order valence-electron chi connectivity index (χ4n) is 4.79. The van der Waals surface area contributed by atoms with Crippen molar-refractivity contribution in [2.45, 2.75) is 63.3 Å². The second kappa shape index (κ2) is 6.02. The standard InChI is InChI=1S/C24H26O3/c1-16(25)19-7-5-17(6-8-19)11-18-3-2-4-20(12-18)21-13-23(9-10-23)15-24(27-21)14-22(24)26/h2-8,12,21-22,26H,9-11,13-15H2,1H3/t21-,22-,24+/m1/s1. The van der Waals surface area contributed by atoms with Gasteiger partial charge >= 0.3 is 0 Å². The molecule has 1 saturated heterocycles. The van der Waals surface area contributed by atoms with E-state index in [-0.39, 0.29) is 23.6 Å². The van der Waals surface area contributed by atoms with Crippen LogP contribution in [0.1, 0.15) is 72.2 Å². The van der Waals surface area contributed by atoms with Gasteiger partial charge in [0.2, 0.25) is 0 Å². The van der Waals surface area contributed by atoms with Crippen molar-refractivity contribution in [2.24, 2.45) is 5.41 Å². The van der Waals surface area contributed by atoms with Crippen LogP contribution in [0.2, 0.25) is 0 Å². The highest BCUT2D eigenvalue weighted by Gasteiger charge is 2.65. The third-order valence-electron chi connectivity index (χ3n) is 6.70. The van der Waals surface area contributed by atoms with Gasteiger partial charge < -0.3 is 9.84 Å². The van der Waals surface area contributed by atoms with Gasteiger partial charge in [0.15, 0.2) is 5.78 Å². The summed E-state index contributed by atoms with van der Waals surface area (Å²) in [6.07, 6.45) is 6.15. The van der Waals surface area contributed by atoms with Crippen LogP contribution in [0, 0.1) is 5.41 Å². The van der Waals surface area contributed by atoms with Crippen LogP contribution in [0.15, 0.2) is 48.5 Å². The summed E-state index contributed by atoms with van der Waals surface area (Å²) in [4.78, 5) is 11.4. The van der Waals surface area contributed by atoms with Crippen molar-refractivity contribution in [2.75, 3.05) is 0 Å². The predicted molar refractivity (Wildman–Crippen MR) is 104 cm³/mol. The van der Waals surface area contributed by atoms with Crippen molar-refractivity contribution in [3.63, 3.8) is 0 Å². The van der Waals surface area contributed by atoms with Crippen molar-refractivity contribution in [1.82, 2.24) is 0 Å². The largest absolute Gasteiger partial charge is 0.390 e. The first-order valence-electron chi connectivity index (χ1n) is 10.0. The smallest absolute Gasteiger partial charge is 0.159 e. The molecular formula is C24H26O3. The van der Waals surface area contributed by atoms with E-state index in [1.165, 1.54) is 29.5 Å². The van der Waals surface area contributed by atoms with Crippen LogP contribution >= 0.6 is 0 Å². The lowest BCUT2D eigenvalue weighted by molar-refractivity contribution is -0.115. The SMILES string of the molecule is CC(=O)c1ccc(Cc2cccc([C@H]3CC4(CC4)C[C@]4(C[C@H]4O)O3)c2)cc1. The van der Waals surface area contributed by atoms with Crippen molar-refractivity contribution in [3.8, 4) is 0 Å². The zero-order chi connectivity index (χ0) is 18.6. The Kier molecular flexibility index (Phi) is 3.82. The quantitative estimate of drug-likeness (QED) is 0.808. The highest BCUT2D eigenvalue weighted by molar-refractivity contribution is 5.94. The molecule has 0 aromatic heterocycles. The van der Waals surface area contributed by atoms with Crippen LogP contribution in [0.25, 0.3) is 0 Å². The van der Waals surface area contributed by atoms with Gasteiger partial charge in [-0.15, -0.1) is 0 Å². The third kappa shape index (κ3) is 3.24. The van der Waals surface area contributed by atoms with Crippen LogP contribution in [-0.2, 0) is 11.2 Å². The Balaban J connectivity index is 1.35. The number of ketones is 1. The Hall–Kier alpha value is -1.97. The van der Waals surface area contributed by atoms with Crippen molar-refractivity contribution < 1.29 is 14.6 Å². The number of rotatable bonds is 4. The highest BCUT2D eigenvalue weighted by Crippen LogP contribution is 2.66. The fraction of sp³-hybridized carbons (Fsp3) is 0.458. The minimum absolute atomic E-state index is 0.0958. The molecule has 3 fully saturated rings. The number of carbonyl (C=O) groups is 1. The lowest BCUT2D eigenvalue weighted by Gasteiger charge is -2.37. The number of carbonyl (C=O) groups excluding carboxylic acids is 1. The Morgan fingerprint density at radius 1 is 1.11 bits per heavy atom. The average Bonchev–Trinajstić information content (AvgIpc) is 3.54. The monoisotopic (exact) mass is 362 g/mol. The summed E-state index contributed by atoms with van der Waals surface area (Å²) in [5.41, 5.74) is 4.60. The lowest BCUT2D eigenvalue weighted by Crippen LogP contribution is -2.33. The van der Waals surface area contributed by atoms with Gasteiger partial charge in [0.1, 0.15) is 0 Å². The normalized spacial score (nSPS) is 30.4. The summed E-state index contributed by atoms with van der Waals surface area (Å²) in [6.45, 7) is 1.60. The molecule has 0 bridgehead atoms. The molecule has 5 rings (SSSR count). The number of ether oxygens (including phenoxy) is 1. The van der Waals surface area contributed by atoms with E-state index >= 15 is 0 Å². The molecule has 0 amide bonds. The maximum absolute atomic E-state index is 11.4. The molecule has 1 aliphatic heterocycles. The van der Waals surface area contributed by atoms with Gasteiger partial charge in [-0.05, 0) is 61.1 Å². The van der Waals surface area contributed by atoms with E-state index in [1.807, 2.05) is 24.3 Å². The van der Waals surface area contributed by atoms with Gasteiger partial charge in [0.05, 0.1) is 17.8 Å². The lowest BCUT2D eigenvalue weighted by atomic mass is 9.84. The van der Waals surface area contributed by atoms with E-state index in [1.54, 1.807) is 6.92 Å². The van der Waals surface area contributed by atoms with Crippen LogP contribution in [0.4, 0.5) is 0 Å². The van der Waals surface area contributed by atoms with E-state index in [4.69, 9.17) is 4.74 Å². The zero-order valence-corrected chi connectivity index (χ0v) is 15.8. The van der Waals surface area contributed by atoms with Crippen LogP contribution < -0.4 is 0 Å². The molecule has 27 heavy (non-hydrogen) atoms. The number of Topliss-reactive ketones (excluding diaryl/α,β-unsaturated/α-hetero) is 1. The second-order valence-corrected chi connectivity index (χ2v) is 8.95. The second-order valence-electron chi connectivity index (χ2n) is 8.95. The molecule has 0 unspecified atom stereocenters. The third-order valence-corrected chi connectivity index (χ3v) is 6.70. The van der Waals surface area contributed by atoms with Crippen molar-refractivity contribution in [1.29, 1.82) is 0 Å². The van der Waals surface area contributed by atoms with Crippen LogP contribution in [0.5, 0.6) is 0 Å².